The molecule has 104 valence electrons. The van der Waals surface area contributed by atoms with Gasteiger partial charge in [0.2, 0.25) is 0 Å². The third-order valence-corrected chi connectivity index (χ3v) is 4.24. The molecule has 2 aromatic carbocycles. The largest absolute Gasteiger partial charge is 0.271 e. The molecular weight excluding hydrogens is 251 g/mol. The van der Waals surface area contributed by atoms with Crippen LogP contribution in [0.2, 0.25) is 0 Å². The van der Waals surface area contributed by atoms with Gasteiger partial charge in [0, 0.05) is 6.04 Å². The van der Waals surface area contributed by atoms with Crippen LogP contribution >= 0.6 is 0 Å². The van der Waals surface area contributed by atoms with Crippen molar-refractivity contribution in [2.24, 2.45) is 11.8 Å². The second-order valence-electron chi connectivity index (χ2n) is 5.47. The summed E-state index contributed by atoms with van der Waals surface area (Å²) in [6.07, 6.45) is 3.12. The normalized spacial score (nSPS) is 19.4. The summed E-state index contributed by atoms with van der Waals surface area (Å²) in [5, 5.41) is 0. The SMILES string of the molecule is NNC(c1cccc(F)c1)C1CCc2ccccc2C1. The summed E-state index contributed by atoms with van der Waals surface area (Å²) in [5.41, 5.74) is 6.63. The Morgan fingerprint density at radius 3 is 2.65 bits per heavy atom. The summed E-state index contributed by atoms with van der Waals surface area (Å²) in [7, 11) is 0. The van der Waals surface area contributed by atoms with E-state index < -0.39 is 0 Å². The Hall–Kier alpha value is -1.71. The number of hydrazine groups is 1. The molecule has 2 unspecified atom stereocenters. The number of hydrogen-bond acceptors (Lipinski definition) is 2. The van der Waals surface area contributed by atoms with Gasteiger partial charge in [-0.15, -0.1) is 0 Å². The number of halogens is 1. The van der Waals surface area contributed by atoms with Crippen molar-refractivity contribution in [3.8, 4) is 0 Å². The van der Waals surface area contributed by atoms with Crippen molar-refractivity contribution in [3.05, 3.63) is 71.0 Å². The first kappa shape index (κ1) is 13.3. The lowest BCUT2D eigenvalue weighted by atomic mass is 9.78. The van der Waals surface area contributed by atoms with Gasteiger partial charge in [0.25, 0.3) is 0 Å². The molecular formula is C17H19FN2. The number of hydrogen-bond donors (Lipinski definition) is 2. The zero-order valence-corrected chi connectivity index (χ0v) is 11.4. The third-order valence-electron chi connectivity index (χ3n) is 4.24. The Labute approximate surface area is 118 Å². The van der Waals surface area contributed by atoms with E-state index in [-0.39, 0.29) is 11.9 Å². The molecule has 20 heavy (non-hydrogen) atoms. The van der Waals surface area contributed by atoms with Crippen molar-refractivity contribution in [3.63, 3.8) is 0 Å². The van der Waals surface area contributed by atoms with Crippen molar-refractivity contribution >= 4 is 0 Å². The standard InChI is InChI=1S/C17H19FN2/c18-16-7-3-6-14(11-16)17(20-19)15-9-8-12-4-1-2-5-13(12)10-15/h1-7,11,15,17,20H,8-10,19H2. The maximum atomic E-state index is 13.4. The summed E-state index contributed by atoms with van der Waals surface area (Å²) >= 11 is 0. The molecule has 0 radical (unpaired) electrons. The van der Waals surface area contributed by atoms with Gasteiger partial charge in [-0.3, -0.25) is 11.3 Å². The van der Waals surface area contributed by atoms with Crippen LogP contribution in [0.4, 0.5) is 4.39 Å². The minimum Gasteiger partial charge on any atom is -0.271 e. The lowest BCUT2D eigenvalue weighted by molar-refractivity contribution is 0.329. The van der Waals surface area contributed by atoms with Gasteiger partial charge >= 0.3 is 0 Å². The van der Waals surface area contributed by atoms with E-state index in [4.69, 9.17) is 5.84 Å². The maximum Gasteiger partial charge on any atom is 0.123 e. The highest BCUT2D eigenvalue weighted by atomic mass is 19.1. The van der Waals surface area contributed by atoms with Crippen LogP contribution in [0.3, 0.4) is 0 Å². The summed E-state index contributed by atoms with van der Waals surface area (Å²) in [6, 6.07) is 15.3. The van der Waals surface area contributed by atoms with Gasteiger partial charge in [-0.25, -0.2) is 4.39 Å². The van der Waals surface area contributed by atoms with Crippen LogP contribution in [-0.2, 0) is 12.8 Å². The van der Waals surface area contributed by atoms with Gasteiger partial charge in [0.15, 0.2) is 0 Å². The van der Waals surface area contributed by atoms with E-state index in [9.17, 15) is 4.39 Å². The molecule has 0 saturated carbocycles. The minimum absolute atomic E-state index is 0.000874. The first-order valence-corrected chi connectivity index (χ1v) is 7.06. The van der Waals surface area contributed by atoms with Crippen molar-refractivity contribution in [1.29, 1.82) is 0 Å². The fraction of sp³-hybridized carbons (Fsp3) is 0.294. The van der Waals surface area contributed by atoms with E-state index in [2.05, 4.69) is 29.7 Å². The molecule has 0 saturated heterocycles. The number of aryl methyl sites for hydroxylation is 1. The van der Waals surface area contributed by atoms with Gasteiger partial charge in [0.05, 0.1) is 0 Å². The molecule has 0 amide bonds. The smallest absolute Gasteiger partial charge is 0.123 e. The quantitative estimate of drug-likeness (QED) is 0.664. The van der Waals surface area contributed by atoms with Crippen LogP contribution in [-0.4, -0.2) is 0 Å². The molecule has 3 N–H and O–H groups in total. The number of rotatable bonds is 3. The van der Waals surface area contributed by atoms with Gasteiger partial charge in [-0.2, -0.15) is 0 Å². The fourth-order valence-electron chi connectivity index (χ4n) is 3.21. The average Bonchev–Trinajstić information content (AvgIpc) is 2.48. The number of nitrogens with two attached hydrogens (primary N) is 1. The maximum absolute atomic E-state index is 13.4. The van der Waals surface area contributed by atoms with Crippen LogP contribution in [0.5, 0.6) is 0 Å². The Morgan fingerprint density at radius 1 is 1.10 bits per heavy atom. The molecule has 0 bridgehead atoms. The molecule has 2 nitrogen and oxygen atoms in total. The topological polar surface area (TPSA) is 38.0 Å². The average molecular weight is 270 g/mol. The zero-order valence-electron chi connectivity index (χ0n) is 11.4. The number of fused-ring (bicyclic) bond motifs is 1. The van der Waals surface area contributed by atoms with E-state index in [1.54, 1.807) is 12.1 Å². The Kier molecular flexibility index (Phi) is 3.81. The van der Waals surface area contributed by atoms with E-state index in [0.29, 0.717) is 5.92 Å². The summed E-state index contributed by atoms with van der Waals surface area (Å²) in [4.78, 5) is 0. The second-order valence-corrected chi connectivity index (χ2v) is 5.47. The first-order chi connectivity index (χ1) is 9.78. The lowest BCUT2D eigenvalue weighted by Crippen LogP contribution is -2.36. The van der Waals surface area contributed by atoms with Crippen LogP contribution in [0.1, 0.15) is 29.2 Å². The molecule has 0 aromatic heterocycles. The molecule has 3 rings (SSSR count). The monoisotopic (exact) mass is 270 g/mol. The fourth-order valence-corrected chi connectivity index (χ4v) is 3.21. The van der Waals surface area contributed by atoms with E-state index in [1.807, 2.05) is 6.07 Å². The number of benzene rings is 2. The molecule has 0 spiro atoms. The van der Waals surface area contributed by atoms with Crippen molar-refractivity contribution in [2.45, 2.75) is 25.3 Å². The van der Waals surface area contributed by atoms with Gasteiger partial charge < -0.3 is 0 Å². The molecule has 3 heteroatoms. The van der Waals surface area contributed by atoms with Gasteiger partial charge in [-0.1, -0.05) is 36.4 Å². The second kappa shape index (κ2) is 5.73. The predicted molar refractivity (Wildman–Crippen MR) is 78.4 cm³/mol. The molecule has 1 aliphatic rings. The minimum atomic E-state index is -0.209. The molecule has 0 aliphatic heterocycles. The summed E-state index contributed by atoms with van der Waals surface area (Å²) in [5.74, 6) is 5.92. The van der Waals surface area contributed by atoms with E-state index in [1.165, 1.54) is 17.2 Å². The van der Waals surface area contributed by atoms with Crippen molar-refractivity contribution < 1.29 is 4.39 Å². The van der Waals surface area contributed by atoms with Crippen molar-refractivity contribution in [1.82, 2.24) is 5.43 Å². The number of nitrogens with one attached hydrogen (secondary N) is 1. The van der Waals surface area contributed by atoms with Gasteiger partial charge in [0.1, 0.15) is 5.82 Å². The molecule has 0 fully saturated rings. The van der Waals surface area contributed by atoms with Crippen LogP contribution < -0.4 is 11.3 Å². The zero-order chi connectivity index (χ0) is 13.9. The highest BCUT2D eigenvalue weighted by Crippen LogP contribution is 2.33. The Balaban J connectivity index is 1.85. The van der Waals surface area contributed by atoms with Gasteiger partial charge in [-0.05, 0) is 54.0 Å². The van der Waals surface area contributed by atoms with Crippen LogP contribution in [0.25, 0.3) is 0 Å². The molecule has 2 aromatic rings. The van der Waals surface area contributed by atoms with Crippen molar-refractivity contribution in [2.75, 3.05) is 0 Å². The Morgan fingerprint density at radius 2 is 1.90 bits per heavy atom. The van der Waals surface area contributed by atoms with E-state index >= 15 is 0 Å². The highest BCUT2D eigenvalue weighted by Gasteiger charge is 2.26. The summed E-state index contributed by atoms with van der Waals surface area (Å²) in [6.45, 7) is 0. The van der Waals surface area contributed by atoms with Crippen LogP contribution in [0, 0.1) is 11.7 Å². The molecule has 1 aliphatic carbocycles. The third kappa shape index (κ3) is 2.60. The predicted octanol–water partition coefficient (Wildman–Crippen LogP) is 3.14. The first-order valence-electron chi connectivity index (χ1n) is 7.06. The lowest BCUT2D eigenvalue weighted by Gasteiger charge is -2.31. The molecule has 2 atom stereocenters. The Bertz CT molecular complexity index is 597. The van der Waals surface area contributed by atoms with Crippen LogP contribution in [0.15, 0.2) is 48.5 Å². The highest BCUT2D eigenvalue weighted by molar-refractivity contribution is 5.31. The van der Waals surface area contributed by atoms with E-state index in [0.717, 1.165) is 24.8 Å². The summed E-state index contributed by atoms with van der Waals surface area (Å²) < 4.78 is 13.4. The molecule has 0 heterocycles.